The molecule has 0 N–H and O–H groups in total. The summed E-state index contributed by atoms with van der Waals surface area (Å²) in [5, 5.41) is 0.494. The Hall–Kier alpha value is -3.26. The van der Waals surface area contributed by atoms with Crippen molar-refractivity contribution < 1.29 is 24.0 Å². The molecule has 1 aromatic heterocycles. The molecule has 26 heavy (non-hydrogen) atoms. The molecule has 2 aromatic rings. The maximum absolute atomic E-state index is 12.4. The molecule has 0 aliphatic carbocycles. The number of hydrogen-bond donors (Lipinski definition) is 0. The highest BCUT2D eigenvalue weighted by atomic mass is 16.7. The van der Waals surface area contributed by atoms with Gasteiger partial charge >= 0.3 is 5.97 Å². The van der Waals surface area contributed by atoms with E-state index >= 15 is 0 Å². The van der Waals surface area contributed by atoms with Gasteiger partial charge in [0.25, 0.3) is 11.8 Å². The van der Waals surface area contributed by atoms with E-state index in [1.807, 2.05) is 4.90 Å². The number of amides is 2. The molecule has 1 aromatic carbocycles. The first-order valence-electron chi connectivity index (χ1n) is 8.13. The van der Waals surface area contributed by atoms with Gasteiger partial charge in [0.15, 0.2) is 0 Å². The number of benzene rings is 1. The summed E-state index contributed by atoms with van der Waals surface area (Å²) in [6.07, 6.45) is 2.98. The summed E-state index contributed by atoms with van der Waals surface area (Å²) < 4.78 is 5.31. The van der Waals surface area contributed by atoms with Crippen molar-refractivity contribution in [2.45, 2.75) is 0 Å². The number of aromatic nitrogens is 1. The van der Waals surface area contributed by atoms with Crippen LogP contribution in [0.15, 0.2) is 42.7 Å². The smallest absolute Gasteiger partial charge is 0.365 e. The molecular formula is C18H15N3O5. The van der Waals surface area contributed by atoms with Crippen molar-refractivity contribution in [3.63, 3.8) is 0 Å². The molecule has 4 rings (SSSR count). The molecule has 0 spiro atoms. The van der Waals surface area contributed by atoms with Crippen molar-refractivity contribution in [3.05, 3.63) is 59.4 Å². The van der Waals surface area contributed by atoms with E-state index in [2.05, 4.69) is 4.98 Å². The molecule has 1 fully saturated rings. The zero-order chi connectivity index (χ0) is 18.1. The highest BCUT2D eigenvalue weighted by molar-refractivity contribution is 6.21. The maximum atomic E-state index is 12.4. The highest BCUT2D eigenvalue weighted by Gasteiger charge is 2.38. The standard InChI is InChI=1S/C18H15N3O5/c22-16-14-3-1-2-4-15(14)17(23)21(16)26-18(24)12-9-13(11-19-10-12)20-5-7-25-8-6-20/h1-4,9-11H,5-8H2. The Morgan fingerprint density at radius 1 is 1.04 bits per heavy atom. The van der Waals surface area contributed by atoms with E-state index in [1.54, 1.807) is 24.4 Å². The maximum Gasteiger partial charge on any atom is 0.365 e. The normalized spacial score (nSPS) is 16.6. The second kappa shape index (κ2) is 6.57. The van der Waals surface area contributed by atoms with E-state index in [0.717, 1.165) is 5.69 Å². The van der Waals surface area contributed by atoms with Gasteiger partial charge in [0, 0.05) is 19.3 Å². The van der Waals surface area contributed by atoms with E-state index in [9.17, 15) is 14.4 Å². The van der Waals surface area contributed by atoms with Gasteiger partial charge in [-0.05, 0) is 18.2 Å². The molecule has 1 saturated heterocycles. The SMILES string of the molecule is O=C(ON1C(=O)c2ccccc2C1=O)c1cncc(N2CCOCC2)c1. The Balaban J connectivity index is 1.52. The van der Waals surface area contributed by atoms with Crippen LogP contribution in [0.2, 0.25) is 0 Å². The third-order valence-corrected chi connectivity index (χ3v) is 4.27. The third-order valence-electron chi connectivity index (χ3n) is 4.27. The van der Waals surface area contributed by atoms with Gasteiger partial charge < -0.3 is 14.5 Å². The first-order chi connectivity index (χ1) is 12.6. The highest BCUT2D eigenvalue weighted by Crippen LogP contribution is 2.24. The fourth-order valence-electron chi connectivity index (χ4n) is 2.92. The van der Waals surface area contributed by atoms with Crippen molar-refractivity contribution >= 4 is 23.5 Å². The van der Waals surface area contributed by atoms with Crippen molar-refractivity contribution in [3.8, 4) is 0 Å². The van der Waals surface area contributed by atoms with Crippen LogP contribution in [0.3, 0.4) is 0 Å². The monoisotopic (exact) mass is 353 g/mol. The first kappa shape index (κ1) is 16.2. The largest absolute Gasteiger partial charge is 0.378 e. The molecule has 132 valence electrons. The van der Waals surface area contributed by atoms with Crippen molar-refractivity contribution in [1.82, 2.24) is 10.0 Å². The van der Waals surface area contributed by atoms with Crippen molar-refractivity contribution in [2.75, 3.05) is 31.2 Å². The lowest BCUT2D eigenvalue weighted by Crippen LogP contribution is -2.36. The Kier molecular flexibility index (Phi) is 4.10. The Labute approximate surface area is 148 Å². The molecule has 3 heterocycles. The molecule has 2 aliphatic heterocycles. The number of pyridine rings is 1. The van der Waals surface area contributed by atoms with Crippen molar-refractivity contribution in [2.24, 2.45) is 0 Å². The summed E-state index contributed by atoms with van der Waals surface area (Å²) >= 11 is 0. The molecule has 0 saturated carbocycles. The lowest BCUT2D eigenvalue weighted by atomic mass is 10.1. The van der Waals surface area contributed by atoms with Crippen LogP contribution in [0.5, 0.6) is 0 Å². The second-order valence-corrected chi connectivity index (χ2v) is 5.86. The van der Waals surface area contributed by atoms with E-state index in [1.165, 1.54) is 18.3 Å². The summed E-state index contributed by atoms with van der Waals surface area (Å²) in [5.41, 5.74) is 1.34. The summed E-state index contributed by atoms with van der Waals surface area (Å²) in [4.78, 5) is 48.1. The minimum absolute atomic E-state index is 0.158. The number of fused-ring (bicyclic) bond motifs is 1. The summed E-state index contributed by atoms with van der Waals surface area (Å²) in [5.74, 6) is -2.13. The number of carbonyl (C=O) groups is 3. The van der Waals surface area contributed by atoms with E-state index in [0.29, 0.717) is 31.4 Å². The van der Waals surface area contributed by atoms with Crippen LogP contribution >= 0.6 is 0 Å². The lowest BCUT2D eigenvalue weighted by Gasteiger charge is -2.28. The molecule has 0 unspecified atom stereocenters. The van der Waals surface area contributed by atoms with Crippen LogP contribution in [-0.2, 0) is 9.57 Å². The topological polar surface area (TPSA) is 89.0 Å². The number of nitrogens with zero attached hydrogens (tertiary/aromatic N) is 3. The van der Waals surface area contributed by atoms with Gasteiger partial charge in [-0.15, -0.1) is 0 Å². The Morgan fingerprint density at radius 2 is 1.69 bits per heavy atom. The zero-order valence-electron chi connectivity index (χ0n) is 13.8. The molecule has 0 atom stereocenters. The molecule has 8 nitrogen and oxygen atoms in total. The number of ether oxygens (including phenoxy) is 1. The van der Waals surface area contributed by atoms with E-state index in [-0.39, 0.29) is 16.7 Å². The number of morpholine rings is 1. The van der Waals surface area contributed by atoms with Gasteiger partial charge in [-0.1, -0.05) is 17.2 Å². The van der Waals surface area contributed by atoms with Gasteiger partial charge in [-0.25, -0.2) is 4.79 Å². The van der Waals surface area contributed by atoms with Crippen LogP contribution in [0.4, 0.5) is 5.69 Å². The summed E-state index contributed by atoms with van der Waals surface area (Å²) in [7, 11) is 0. The molecule has 2 amide bonds. The minimum Gasteiger partial charge on any atom is -0.378 e. The number of carbonyl (C=O) groups excluding carboxylic acids is 3. The Bertz CT molecular complexity index is 857. The van der Waals surface area contributed by atoms with Gasteiger partial charge in [0.2, 0.25) is 0 Å². The third kappa shape index (κ3) is 2.80. The number of imide groups is 1. The quantitative estimate of drug-likeness (QED) is 0.768. The molecule has 0 bridgehead atoms. The predicted molar refractivity (Wildman–Crippen MR) is 89.6 cm³/mol. The first-order valence-corrected chi connectivity index (χ1v) is 8.13. The van der Waals surface area contributed by atoms with Gasteiger partial charge in [0.05, 0.1) is 41.8 Å². The average molecular weight is 353 g/mol. The number of hydrogen-bond acceptors (Lipinski definition) is 7. The second-order valence-electron chi connectivity index (χ2n) is 5.86. The van der Waals surface area contributed by atoms with Crippen LogP contribution in [-0.4, -0.2) is 54.1 Å². The van der Waals surface area contributed by atoms with E-state index in [4.69, 9.17) is 9.57 Å². The summed E-state index contributed by atoms with van der Waals surface area (Å²) in [6, 6.07) is 7.95. The predicted octanol–water partition coefficient (Wildman–Crippen LogP) is 1.29. The van der Waals surface area contributed by atoms with Crippen LogP contribution < -0.4 is 4.90 Å². The van der Waals surface area contributed by atoms with Crippen LogP contribution in [0, 0.1) is 0 Å². The molecule has 2 aliphatic rings. The zero-order valence-corrected chi connectivity index (χ0v) is 13.8. The Morgan fingerprint density at radius 3 is 2.35 bits per heavy atom. The van der Waals surface area contributed by atoms with Crippen molar-refractivity contribution in [1.29, 1.82) is 0 Å². The van der Waals surface area contributed by atoms with Crippen LogP contribution in [0.25, 0.3) is 0 Å². The van der Waals surface area contributed by atoms with E-state index < -0.39 is 17.8 Å². The number of rotatable bonds is 3. The molecule has 8 heteroatoms. The minimum atomic E-state index is -0.817. The molecule has 0 radical (unpaired) electrons. The lowest BCUT2D eigenvalue weighted by molar-refractivity contribution is -0.0584. The number of anilines is 1. The fourth-order valence-corrected chi connectivity index (χ4v) is 2.92. The van der Waals surface area contributed by atoms with Crippen LogP contribution in [0.1, 0.15) is 31.1 Å². The fraction of sp³-hybridized carbons (Fsp3) is 0.222. The van der Waals surface area contributed by atoms with Gasteiger partial charge in [0.1, 0.15) is 0 Å². The van der Waals surface area contributed by atoms with Gasteiger partial charge in [-0.3, -0.25) is 14.6 Å². The number of hydroxylamine groups is 2. The average Bonchev–Trinajstić information content (AvgIpc) is 2.94. The van der Waals surface area contributed by atoms with Gasteiger partial charge in [-0.2, -0.15) is 0 Å². The molecular weight excluding hydrogens is 338 g/mol. The summed E-state index contributed by atoms with van der Waals surface area (Å²) in [6.45, 7) is 2.59.